The third-order valence-corrected chi connectivity index (χ3v) is 4.37. The SMILES string of the molecule is CCCCCCCCC=CCCCCCCCCNC(=O)NCC(=O)O. The molecular formula is C21H40N2O3. The summed E-state index contributed by atoms with van der Waals surface area (Å²) in [7, 11) is 0. The van der Waals surface area contributed by atoms with Crippen molar-refractivity contribution in [3.05, 3.63) is 12.2 Å². The summed E-state index contributed by atoms with van der Waals surface area (Å²) in [6.07, 6.45) is 22.4. The van der Waals surface area contributed by atoms with Crippen molar-refractivity contribution in [1.29, 1.82) is 0 Å². The highest BCUT2D eigenvalue weighted by molar-refractivity contribution is 5.79. The minimum absolute atomic E-state index is 0.334. The lowest BCUT2D eigenvalue weighted by Gasteiger charge is -2.05. The molecule has 152 valence electrons. The van der Waals surface area contributed by atoms with Crippen LogP contribution in [0.4, 0.5) is 4.79 Å². The van der Waals surface area contributed by atoms with Crippen LogP contribution in [-0.2, 0) is 4.79 Å². The molecule has 0 unspecified atom stereocenters. The van der Waals surface area contributed by atoms with Gasteiger partial charge in [0.05, 0.1) is 0 Å². The Labute approximate surface area is 160 Å². The van der Waals surface area contributed by atoms with Crippen LogP contribution in [0.3, 0.4) is 0 Å². The first kappa shape index (κ1) is 24.5. The molecule has 0 aromatic heterocycles. The van der Waals surface area contributed by atoms with Crippen molar-refractivity contribution < 1.29 is 14.7 Å². The second-order valence-corrected chi connectivity index (χ2v) is 6.94. The maximum absolute atomic E-state index is 11.2. The van der Waals surface area contributed by atoms with Crippen molar-refractivity contribution in [1.82, 2.24) is 10.6 Å². The first-order chi connectivity index (χ1) is 12.7. The summed E-state index contributed by atoms with van der Waals surface area (Å²) in [5.41, 5.74) is 0. The molecule has 2 amide bonds. The standard InChI is InChI=1S/C21H40N2O3/c1-2-3-4-5-6-7-8-9-10-11-12-13-14-15-16-17-18-22-21(26)23-19-20(24)25/h9-10H,2-8,11-19H2,1H3,(H,24,25)(H2,22,23,26). The number of hydrogen-bond acceptors (Lipinski definition) is 2. The molecule has 0 aliphatic rings. The zero-order valence-corrected chi connectivity index (χ0v) is 16.7. The van der Waals surface area contributed by atoms with Gasteiger partial charge in [0.1, 0.15) is 6.54 Å². The van der Waals surface area contributed by atoms with Crippen molar-refractivity contribution in [2.75, 3.05) is 13.1 Å². The van der Waals surface area contributed by atoms with Gasteiger partial charge >= 0.3 is 12.0 Å². The molecule has 0 aromatic carbocycles. The van der Waals surface area contributed by atoms with Crippen molar-refractivity contribution in [2.45, 2.75) is 96.8 Å². The summed E-state index contributed by atoms with van der Waals surface area (Å²) in [5.74, 6) is -1.03. The quantitative estimate of drug-likeness (QED) is 0.224. The van der Waals surface area contributed by atoms with E-state index in [0.717, 1.165) is 12.8 Å². The van der Waals surface area contributed by atoms with Gasteiger partial charge in [0.2, 0.25) is 0 Å². The van der Waals surface area contributed by atoms with Crippen LogP contribution in [0.1, 0.15) is 96.8 Å². The van der Waals surface area contributed by atoms with E-state index in [2.05, 4.69) is 29.7 Å². The molecule has 26 heavy (non-hydrogen) atoms. The highest BCUT2D eigenvalue weighted by Gasteiger charge is 2.01. The third kappa shape index (κ3) is 20.5. The Kier molecular flexibility index (Phi) is 18.6. The van der Waals surface area contributed by atoms with Crippen LogP contribution < -0.4 is 10.6 Å². The first-order valence-electron chi connectivity index (χ1n) is 10.5. The number of nitrogens with one attached hydrogen (secondary N) is 2. The van der Waals surface area contributed by atoms with E-state index in [-0.39, 0.29) is 6.54 Å². The highest BCUT2D eigenvalue weighted by atomic mass is 16.4. The zero-order valence-electron chi connectivity index (χ0n) is 16.7. The van der Waals surface area contributed by atoms with Crippen LogP contribution in [0, 0.1) is 0 Å². The largest absolute Gasteiger partial charge is 0.480 e. The molecule has 0 saturated carbocycles. The lowest BCUT2D eigenvalue weighted by atomic mass is 10.1. The first-order valence-corrected chi connectivity index (χ1v) is 10.5. The second-order valence-electron chi connectivity index (χ2n) is 6.94. The highest BCUT2D eigenvalue weighted by Crippen LogP contribution is 2.09. The van der Waals surface area contributed by atoms with E-state index in [1.165, 1.54) is 77.0 Å². The monoisotopic (exact) mass is 368 g/mol. The Balaban J connectivity index is 3.18. The normalized spacial score (nSPS) is 11.0. The number of rotatable bonds is 18. The van der Waals surface area contributed by atoms with Crippen molar-refractivity contribution in [3.63, 3.8) is 0 Å². The maximum Gasteiger partial charge on any atom is 0.323 e. The van der Waals surface area contributed by atoms with E-state index in [1.807, 2.05) is 0 Å². The fraction of sp³-hybridized carbons (Fsp3) is 0.810. The van der Waals surface area contributed by atoms with E-state index in [0.29, 0.717) is 6.54 Å². The Morgan fingerprint density at radius 2 is 1.23 bits per heavy atom. The molecule has 0 atom stereocenters. The van der Waals surface area contributed by atoms with E-state index in [1.54, 1.807) is 0 Å². The van der Waals surface area contributed by atoms with E-state index < -0.39 is 12.0 Å². The van der Waals surface area contributed by atoms with Crippen molar-refractivity contribution in [3.8, 4) is 0 Å². The van der Waals surface area contributed by atoms with Gasteiger partial charge < -0.3 is 15.7 Å². The number of amides is 2. The molecule has 5 nitrogen and oxygen atoms in total. The lowest BCUT2D eigenvalue weighted by molar-refractivity contribution is -0.135. The second kappa shape index (κ2) is 19.8. The fourth-order valence-electron chi connectivity index (χ4n) is 2.79. The average Bonchev–Trinajstić information content (AvgIpc) is 2.62. The molecule has 0 aliphatic heterocycles. The molecule has 3 N–H and O–H groups in total. The molecule has 0 rings (SSSR count). The number of carboxylic acids is 1. The molecule has 0 aromatic rings. The minimum Gasteiger partial charge on any atom is -0.480 e. The molecular weight excluding hydrogens is 328 g/mol. The van der Waals surface area contributed by atoms with Crippen LogP contribution in [0.15, 0.2) is 12.2 Å². The zero-order chi connectivity index (χ0) is 19.3. The molecule has 0 heterocycles. The number of hydrogen-bond donors (Lipinski definition) is 3. The van der Waals surface area contributed by atoms with Gasteiger partial charge in [0, 0.05) is 6.54 Å². The Bertz CT molecular complexity index is 370. The van der Waals surface area contributed by atoms with Crippen LogP contribution in [0.2, 0.25) is 0 Å². The molecule has 0 fully saturated rings. The minimum atomic E-state index is -1.03. The van der Waals surface area contributed by atoms with Gasteiger partial charge in [-0.25, -0.2) is 4.79 Å². The average molecular weight is 369 g/mol. The lowest BCUT2D eigenvalue weighted by Crippen LogP contribution is -2.38. The summed E-state index contributed by atoms with van der Waals surface area (Å²) < 4.78 is 0. The van der Waals surface area contributed by atoms with Crippen molar-refractivity contribution >= 4 is 12.0 Å². The molecule has 0 spiro atoms. The van der Waals surface area contributed by atoms with E-state index in [9.17, 15) is 9.59 Å². The smallest absolute Gasteiger partial charge is 0.323 e. The van der Waals surface area contributed by atoms with Gasteiger partial charge in [-0.3, -0.25) is 4.79 Å². The molecule has 5 heteroatoms. The van der Waals surface area contributed by atoms with E-state index >= 15 is 0 Å². The summed E-state index contributed by atoms with van der Waals surface area (Å²) in [6, 6.07) is -0.403. The molecule has 0 radical (unpaired) electrons. The Hall–Kier alpha value is -1.52. The topological polar surface area (TPSA) is 78.4 Å². The van der Waals surface area contributed by atoms with Gasteiger partial charge in [0.25, 0.3) is 0 Å². The number of carbonyl (C=O) groups excluding carboxylic acids is 1. The summed E-state index contributed by atoms with van der Waals surface area (Å²) in [6.45, 7) is 2.53. The van der Waals surface area contributed by atoms with Crippen LogP contribution in [0.25, 0.3) is 0 Å². The van der Waals surface area contributed by atoms with Gasteiger partial charge in [-0.05, 0) is 32.1 Å². The third-order valence-electron chi connectivity index (χ3n) is 4.37. The number of carbonyl (C=O) groups is 2. The Morgan fingerprint density at radius 3 is 1.77 bits per heavy atom. The Morgan fingerprint density at radius 1 is 0.731 bits per heavy atom. The van der Waals surface area contributed by atoms with Gasteiger partial charge in [-0.1, -0.05) is 76.9 Å². The summed E-state index contributed by atoms with van der Waals surface area (Å²) in [4.78, 5) is 21.5. The molecule has 0 bridgehead atoms. The fourth-order valence-corrected chi connectivity index (χ4v) is 2.79. The van der Waals surface area contributed by atoms with Crippen LogP contribution >= 0.6 is 0 Å². The number of unbranched alkanes of at least 4 members (excludes halogenated alkanes) is 12. The number of urea groups is 1. The predicted octanol–water partition coefficient (Wildman–Crippen LogP) is 5.41. The van der Waals surface area contributed by atoms with Gasteiger partial charge in [-0.15, -0.1) is 0 Å². The molecule has 0 saturated heterocycles. The predicted molar refractivity (Wildman–Crippen MR) is 108 cm³/mol. The van der Waals surface area contributed by atoms with Crippen LogP contribution in [0.5, 0.6) is 0 Å². The molecule has 0 aliphatic carbocycles. The number of allylic oxidation sites excluding steroid dienone is 2. The van der Waals surface area contributed by atoms with Crippen LogP contribution in [-0.4, -0.2) is 30.2 Å². The maximum atomic E-state index is 11.2. The van der Waals surface area contributed by atoms with Gasteiger partial charge in [0.15, 0.2) is 0 Å². The number of carboxylic acid groups (broad SMARTS) is 1. The van der Waals surface area contributed by atoms with Crippen molar-refractivity contribution in [2.24, 2.45) is 0 Å². The van der Waals surface area contributed by atoms with E-state index in [4.69, 9.17) is 5.11 Å². The number of aliphatic carboxylic acids is 1. The van der Waals surface area contributed by atoms with Gasteiger partial charge in [-0.2, -0.15) is 0 Å². The summed E-state index contributed by atoms with van der Waals surface area (Å²) in [5, 5.41) is 13.4. The summed E-state index contributed by atoms with van der Waals surface area (Å²) >= 11 is 0.